The Morgan fingerprint density at radius 1 is 0.966 bits per heavy atom. The van der Waals surface area contributed by atoms with Gasteiger partial charge in [0.2, 0.25) is 5.91 Å². The molecule has 2 aromatic carbocycles. The number of carbonyl (C=O) groups is 4. The summed E-state index contributed by atoms with van der Waals surface area (Å²) in [5.74, 6) is -1.67. The minimum atomic E-state index is -0.983. The number of nitrogens with one attached hydrogen (secondary N) is 3. The van der Waals surface area contributed by atoms with Crippen molar-refractivity contribution in [3.8, 4) is 0 Å². The van der Waals surface area contributed by atoms with Gasteiger partial charge in [-0.25, -0.2) is 0 Å². The fraction of sp³-hybridized carbons (Fsp3) is 0.238. The van der Waals surface area contributed by atoms with E-state index in [2.05, 4.69) is 16.0 Å². The minimum absolute atomic E-state index is 0.0203. The number of benzene rings is 2. The Hall–Kier alpha value is -3.68. The maximum atomic E-state index is 12.5. The second-order valence-electron chi connectivity index (χ2n) is 6.70. The van der Waals surface area contributed by atoms with Crippen molar-refractivity contribution in [3.05, 3.63) is 59.2 Å². The van der Waals surface area contributed by atoms with Crippen LogP contribution < -0.4 is 16.0 Å². The summed E-state index contributed by atoms with van der Waals surface area (Å²) in [5.41, 5.74) is 3.05. The minimum Gasteiger partial charge on any atom is -0.481 e. The largest absolute Gasteiger partial charge is 0.481 e. The van der Waals surface area contributed by atoms with Crippen LogP contribution in [0, 0.1) is 0 Å². The van der Waals surface area contributed by atoms with E-state index in [9.17, 15) is 19.2 Å². The number of amides is 3. The zero-order valence-corrected chi connectivity index (χ0v) is 15.7. The second kappa shape index (κ2) is 9.01. The monoisotopic (exact) mass is 395 g/mol. The number of aliphatic carboxylic acids is 1. The topological polar surface area (TPSA) is 125 Å². The van der Waals surface area contributed by atoms with Crippen molar-refractivity contribution in [2.45, 2.75) is 25.7 Å². The fourth-order valence-corrected chi connectivity index (χ4v) is 3.01. The van der Waals surface area contributed by atoms with Crippen LogP contribution in [0.2, 0.25) is 0 Å². The lowest BCUT2D eigenvalue weighted by molar-refractivity contribution is -0.136. The van der Waals surface area contributed by atoms with Crippen molar-refractivity contribution in [3.63, 3.8) is 0 Å². The standard InChI is InChI=1S/C21H21N3O5/c25-18-3-1-2-14-12-15(6-9-17(14)24-18)21(29)23-16-7-4-13(5-8-16)20(28)22-11-10-19(26)27/h4-9,12H,1-3,10-11H2,(H,22,28)(H,23,29)(H,24,25)(H,26,27). The van der Waals surface area contributed by atoms with Crippen LogP contribution in [-0.4, -0.2) is 35.3 Å². The van der Waals surface area contributed by atoms with Crippen LogP contribution in [-0.2, 0) is 16.0 Å². The Morgan fingerprint density at radius 3 is 2.41 bits per heavy atom. The van der Waals surface area contributed by atoms with E-state index in [4.69, 9.17) is 5.11 Å². The summed E-state index contributed by atoms with van der Waals surface area (Å²) in [6, 6.07) is 11.5. The summed E-state index contributed by atoms with van der Waals surface area (Å²) in [4.78, 5) is 46.6. The molecule has 0 unspecified atom stereocenters. The molecule has 0 atom stereocenters. The predicted octanol–water partition coefficient (Wildman–Crippen LogP) is 2.42. The SMILES string of the molecule is O=C(O)CCNC(=O)c1ccc(NC(=O)c2ccc3c(c2)CCCC(=O)N3)cc1. The van der Waals surface area contributed by atoms with Crippen LogP contribution >= 0.6 is 0 Å². The van der Waals surface area contributed by atoms with Crippen molar-refractivity contribution in [2.24, 2.45) is 0 Å². The molecule has 3 rings (SSSR count). The number of carboxylic acid groups (broad SMARTS) is 1. The van der Waals surface area contributed by atoms with Gasteiger partial charge in [0.15, 0.2) is 0 Å². The van der Waals surface area contributed by atoms with E-state index in [1.165, 1.54) is 0 Å². The average molecular weight is 395 g/mol. The summed E-state index contributed by atoms with van der Waals surface area (Å²) in [6.45, 7) is 0.0471. The third-order valence-corrected chi connectivity index (χ3v) is 4.52. The maximum absolute atomic E-state index is 12.5. The van der Waals surface area contributed by atoms with Gasteiger partial charge in [-0.15, -0.1) is 0 Å². The molecule has 8 heteroatoms. The normalized spacial score (nSPS) is 12.9. The van der Waals surface area contributed by atoms with Crippen LogP contribution in [0.3, 0.4) is 0 Å². The van der Waals surface area contributed by atoms with Crippen LogP contribution in [0.5, 0.6) is 0 Å². The van der Waals surface area contributed by atoms with Crippen LogP contribution in [0.1, 0.15) is 45.5 Å². The molecule has 8 nitrogen and oxygen atoms in total. The van der Waals surface area contributed by atoms with Gasteiger partial charge in [-0.2, -0.15) is 0 Å². The number of carbonyl (C=O) groups excluding carboxylic acids is 3. The van der Waals surface area contributed by atoms with E-state index in [1.54, 1.807) is 42.5 Å². The number of rotatable bonds is 6. The Kier molecular flexibility index (Phi) is 6.23. The van der Waals surface area contributed by atoms with Gasteiger partial charge < -0.3 is 21.1 Å². The molecule has 0 saturated heterocycles. The van der Waals surface area contributed by atoms with Crippen molar-refractivity contribution in [1.29, 1.82) is 0 Å². The summed E-state index contributed by atoms with van der Waals surface area (Å²) in [6.07, 6.45) is 1.78. The average Bonchev–Trinajstić information content (AvgIpc) is 2.88. The number of hydrogen-bond acceptors (Lipinski definition) is 4. The van der Waals surface area contributed by atoms with Crippen molar-refractivity contribution in [2.75, 3.05) is 17.2 Å². The molecule has 0 saturated carbocycles. The molecule has 4 N–H and O–H groups in total. The molecule has 0 bridgehead atoms. The van der Waals surface area contributed by atoms with Gasteiger partial charge >= 0.3 is 5.97 Å². The van der Waals surface area contributed by atoms with Gasteiger partial charge in [-0.1, -0.05) is 0 Å². The fourth-order valence-electron chi connectivity index (χ4n) is 3.01. The van der Waals surface area contributed by atoms with E-state index in [0.29, 0.717) is 23.2 Å². The van der Waals surface area contributed by atoms with Crippen LogP contribution in [0.25, 0.3) is 0 Å². The third kappa shape index (κ3) is 5.41. The molecular formula is C21H21N3O5. The summed E-state index contributed by atoms with van der Waals surface area (Å²) >= 11 is 0. The van der Waals surface area contributed by atoms with Gasteiger partial charge in [0, 0.05) is 35.5 Å². The molecule has 0 spiro atoms. The lowest BCUT2D eigenvalue weighted by Crippen LogP contribution is -2.25. The third-order valence-electron chi connectivity index (χ3n) is 4.52. The first-order valence-electron chi connectivity index (χ1n) is 9.26. The molecule has 0 aliphatic carbocycles. The zero-order chi connectivity index (χ0) is 20.8. The Balaban J connectivity index is 1.62. The molecule has 29 heavy (non-hydrogen) atoms. The Labute approximate surface area is 167 Å². The highest BCUT2D eigenvalue weighted by molar-refractivity contribution is 6.05. The number of aryl methyl sites for hydroxylation is 1. The van der Waals surface area contributed by atoms with Crippen LogP contribution in [0.4, 0.5) is 11.4 Å². The van der Waals surface area contributed by atoms with Crippen molar-refractivity contribution < 1.29 is 24.3 Å². The Bertz CT molecular complexity index is 953. The number of hydrogen-bond donors (Lipinski definition) is 4. The first-order valence-corrected chi connectivity index (χ1v) is 9.26. The lowest BCUT2D eigenvalue weighted by atomic mass is 10.0. The highest BCUT2D eigenvalue weighted by atomic mass is 16.4. The molecule has 1 heterocycles. The molecule has 0 fully saturated rings. The summed E-state index contributed by atoms with van der Waals surface area (Å²) in [7, 11) is 0. The molecular weight excluding hydrogens is 374 g/mol. The zero-order valence-electron chi connectivity index (χ0n) is 15.7. The van der Waals surface area contributed by atoms with Crippen molar-refractivity contribution in [1.82, 2.24) is 5.32 Å². The van der Waals surface area contributed by atoms with E-state index in [-0.39, 0.29) is 30.7 Å². The first-order chi connectivity index (χ1) is 13.9. The maximum Gasteiger partial charge on any atom is 0.305 e. The molecule has 3 amide bonds. The quantitative estimate of drug-likeness (QED) is 0.598. The van der Waals surface area contributed by atoms with E-state index < -0.39 is 5.97 Å². The lowest BCUT2D eigenvalue weighted by Gasteiger charge is -2.10. The summed E-state index contributed by atoms with van der Waals surface area (Å²) in [5, 5.41) is 16.7. The molecule has 0 radical (unpaired) electrons. The smallest absolute Gasteiger partial charge is 0.305 e. The first kappa shape index (κ1) is 20.1. The van der Waals surface area contributed by atoms with E-state index >= 15 is 0 Å². The highest BCUT2D eigenvalue weighted by Gasteiger charge is 2.15. The Morgan fingerprint density at radius 2 is 1.69 bits per heavy atom. The highest BCUT2D eigenvalue weighted by Crippen LogP contribution is 2.23. The van der Waals surface area contributed by atoms with Crippen LogP contribution in [0.15, 0.2) is 42.5 Å². The number of carboxylic acids is 1. The van der Waals surface area contributed by atoms with Gasteiger partial charge in [0.1, 0.15) is 0 Å². The summed E-state index contributed by atoms with van der Waals surface area (Å²) < 4.78 is 0. The van der Waals surface area contributed by atoms with Crippen molar-refractivity contribution >= 4 is 35.1 Å². The van der Waals surface area contributed by atoms with E-state index in [1.807, 2.05) is 0 Å². The molecule has 0 aromatic heterocycles. The van der Waals surface area contributed by atoms with Gasteiger partial charge in [0.05, 0.1) is 6.42 Å². The molecule has 1 aliphatic heterocycles. The van der Waals surface area contributed by atoms with E-state index in [0.717, 1.165) is 24.1 Å². The molecule has 2 aromatic rings. The molecule has 1 aliphatic rings. The predicted molar refractivity (Wildman–Crippen MR) is 107 cm³/mol. The van der Waals surface area contributed by atoms with Gasteiger partial charge in [-0.3, -0.25) is 19.2 Å². The second-order valence-corrected chi connectivity index (χ2v) is 6.70. The van der Waals surface area contributed by atoms with Gasteiger partial charge in [-0.05, 0) is 60.9 Å². The van der Waals surface area contributed by atoms with Gasteiger partial charge in [0.25, 0.3) is 11.8 Å². The molecule has 150 valence electrons. The number of fused-ring (bicyclic) bond motifs is 1. The number of anilines is 2.